The second-order valence-electron chi connectivity index (χ2n) is 6.82. The van der Waals surface area contributed by atoms with Gasteiger partial charge in [-0.1, -0.05) is 18.6 Å². The average molecular weight is 340 g/mol. The topological polar surface area (TPSA) is 42.4 Å². The van der Waals surface area contributed by atoms with E-state index in [1.54, 1.807) is 17.2 Å². The highest BCUT2D eigenvalue weighted by Crippen LogP contribution is 2.32. The third-order valence-corrected chi connectivity index (χ3v) is 4.96. The van der Waals surface area contributed by atoms with Crippen molar-refractivity contribution in [2.75, 3.05) is 0 Å². The monoisotopic (exact) mass is 340 g/mol. The predicted octanol–water partition coefficient (Wildman–Crippen LogP) is 4.09. The molecule has 2 aliphatic rings. The molecule has 25 heavy (non-hydrogen) atoms. The molecule has 1 amide bonds. The number of fused-ring (bicyclic) bond motifs is 1. The van der Waals surface area contributed by atoms with Gasteiger partial charge >= 0.3 is 0 Å². The number of aromatic nitrogens is 1. The molecule has 1 saturated carbocycles. The number of halogens is 1. The van der Waals surface area contributed by atoms with Crippen molar-refractivity contribution in [2.24, 2.45) is 0 Å². The number of hydrogen-bond donors (Lipinski definition) is 0. The lowest BCUT2D eigenvalue weighted by Crippen LogP contribution is -2.25. The standard InChI is InChI=1S/C20H21FN2O2/c21-16-6-4-5-14(11-16)12-23-13-15-9-10-22-19(18(15)20(23)24)25-17-7-2-1-3-8-17/h4-6,9-11,17H,1-3,7-8,12-13H2. The molecule has 130 valence electrons. The maximum atomic E-state index is 13.4. The van der Waals surface area contributed by atoms with Gasteiger partial charge in [0.25, 0.3) is 5.91 Å². The summed E-state index contributed by atoms with van der Waals surface area (Å²) in [5, 5.41) is 0. The van der Waals surface area contributed by atoms with Crippen LogP contribution in [0, 0.1) is 5.82 Å². The molecule has 0 saturated heterocycles. The molecule has 4 rings (SSSR count). The highest BCUT2D eigenvalue weighted by atomic mass is 19.1. The molecule has 1 aromatic heterocycles. The molecule has 2 heterocycles. The van der Waals surface area contributed by atoms with Crippen LogP contribution in [-0.2, 0) is 13.1 Å². The zero-order chi connectivity index (χ0) is 17.2. The van der Waals surface area contributed by atoms with Crippen LogP contribution in [0.4, 0.5) is 4.39 Å². The maximum absolute atomic E-state index is 13.4. The summed E-state index contributed by atoms with van der Waals surface area (Å²) < 4.78 is 19.5. The summed E-state index contributed by atoms with van der Waals surface area (Å²) in [7, 11) is 0. The summed E-state index contributed by atoms with van der Waals surface area (Å²) in [5.41, 5.74) is 2.29. The Balaban J connectivity index is 1.53. The van der Waals surface area contributed by atoms with Gasteiger partial charge in [-0.05, 0) is 55.0 Å². The van der Waals surface area contributed by atoms with Crippen LogP contribution in [0.2, 0.25) is 0 Å². The molecule has 1 fully saturated rings. The molecule has 1 aromatic carbocycles. The zero-order valence-electron chi connectivity index (χ0n) is 14.1. The normalized spacial score (nSPS) is 17.6. The summed E-state index contributed by atoms with van der Waals surface area (Å²) in [6.07, 6.45) is 7.48. The molecule has 2 aromatic rings. The van der Waals surface area contributed by atoms with Crippen molar-refractivity contribution in [2.45, 2.75) is 51.3 Å². The number of benzene rings is 1. The molecule has 1 aliphatic heterocycles. The number of carbonyl (C=O) groups excluding carboxylic acids is 1. The lowest BCUT2D eigenvalue weighted by atomic mass is 9.98. The van der Waals surface area contributed by atoms with Crippen molar-refractivity contribution < 1.29 is 13.9 Å². The number of hydrogen-bond acceptors (Lipinski definition) is 3. The lowest BCUT2D eigenvalue weighted by molar-refractivity contribution is 0.0757. The highest BCUT2D eigenvalue weighted by molar-refractivity contribution is 6.00. The summed E-state index contributed by atoms with van der Waals surface area (Å²) >= 11 is 0. The fourth-order valence-electron chi connectivity index (χ4n) is 3.69. The van der Waals surface area contributed by atoms with Gasteiger partial charge < -0.3 is 9.64 Å². The molecular weight excluding hydrogens is 319 g/mol. The lowest BCUT2D eigenvalue weighted by Gasteiger charge is -2.23. The fourth-order valence-corrected chi connectivity index (χ4v) is 3.69. The molecule has 0 spiro atoms. The van der Waals surface area contributed by atoms with E-state index in [0.717, 1.165) is 24.0 Å². The minimum Gasteiger partial charge on any atom is -0.474 e. The van der Waals surface area contributed by atoms with Gasteiger partial charge in [0.15, 0.2) is 0 Å². The van der Waals surface area contributed by atoms with Gasteiger partial charge in [0, 0.05) is 19.3 Å². The Labute approximate surface area is 146 Å². The maximum Gasteiger partial charge on any atom is 0.260 e. The first-order valence-corrected chi connectivity index (χ1v) is 8.89. The molecule has 5 heteroatoms. The zero-order valence-corrected chi connectivity index (χ0v) is 14.1. The van der Waals surface area contributed by atoms with E-state index in [4.69, 9.17) is 4.74 Å². The number of rotatable bonds is 4. The third kappa shape index (κ3) is 3.36. The Hall–Kier alpha value is -2.43. The minimum absolute atomic E-state index is 0.0850. The molecular formula is C20H21FN2O2. The van der Waals surface area contributed by atoms with Gasteiger partial charge in [0.05, 0.1) is 0 Å². The molecule has 0 unspecified atom stereocenters. The van der Waals surface area contributed by atoms with Crippen LogP contribution in [0.25, 0.3) is 0 Å². The summed E-state index contributed by atoms with van der Waals surface area (Å²) in [6, 6.07) is 8.24. The van der Waals surface area contributed by atoms with E-state index >= 15 is 0 Å². The van der Waals surface area contributed by atoms with E-state index in [1.165, 1.54) is 31.4 Å². The van der Waals surface area contributed by atoms with Crippen LogP contribution in [0.1, 0.15) is 53.6 Å². The Bertz CT molecular complexity index is 787. The van der Waals surface area contributed by atoms with Crippen molar-refractivity contribution in [3.05, 3.63) is 59.0 Å². The number of carbonyl (C=O) groups is 1. The van der Waals surface area contributed by atoms with E-state index in [0.29, 0.717) is 24.5 Å². The van der Waals surface area contributed by atoms with Crippen LogP contribution in [0.3, 0.4) is 0 Å². The van der Waals surface area contributed by atoms with E-state index in [2.05, 4.69) is 4.98 Å². The van der Waals surface area contributed by atoms with Crippen LogP contribution in [0.15, 0.2) is 36.5 Å². The average Bonchev–Trinajstić information content (AvgIpc) is 2.93. The van der Waals surface area contributed by atoms with Crippen LogP contribution < -0.4 is 4.74 Å². The SMILES string of the molecule is O=C1c2c(ccnc2OC2CCCCC2)CN1Cc1cccc(F)c1. The summed E-state index contributed by atoms with van der Waals surface area (Å²) in [6.45, 7) is 0.891. The first-order chi connectivity index (χ1) is 12.2. The molecule has 4 nitrogen and oxygen atoms in total. The number of pyridine rings is 1. The van der Waals surface area contributed by atoms with Crippen molar-refractivity contribution in [1.82, 2.24) is 9.88 Å². The van der Waals surface area contributed by atoms with Gasteiger partial charge in [-0.25, -0.2) is 9.37 Å². The Morgan fingerprint density at radius 3 is 2.84 bits per heavy atom. The molecule has 0 bridgehead atoms. The van der Waals surface area contributed by atoms with Crippen molar-refractivity contribution in [3.63, 3.8) is 0 Å². The molecule has 1 aliphatic carbocycles. The van der Waals surface area contributed by atoms with Gasteiger partial charge in [0.1, 0.15) is 17.5 Å². The van der Waals surface area contributed by atoms with E-state index < -0.39 is 0 Å². The van der Waals surface area contributed by atoms with Gasteiger partial charge in [-0.2, -0.15) is 0 Å². The van der Waals surface area contributed by atoms with Crippen molar-refractivity contribution in [1.29, 1.82) is 0 Å². The van der Waals surface area contributed by atoms with Crippen LogP contribution in [0.5, 0.6) is 5.88 Å². The fraction of sp³-hybridized carbons (Fsp3) is 0.400. The first-order valence-electron chi connectivity index (χ1n) is 8.89. The minimum atomic E-state index is -0.287. The van der Waals surface area contributed by atoms with Crippen molar-refractivity contribution >= 4 is 5.91 Å². The first kappa shape index (κ1) is 16.1. The Morgan fingerprint density at radius 2 is 2.04 bits per heavy atom. The molecule has 0 radical (unpaired) electrons. The van der Waals surface area contributed by atoms with Gasteiger partial charge in [-0.15, -0.1) is 0 Å². The second kappa shape index (κ2) is 6.82. The predicted molar refractivity (Wildman–Crippen MR) is 91.7 cm³/mol. The van der Waals surface area contributed by atoms with Crippen LogP contribution >= 0.6 is 0 Å². The second-order valence-corrected chi connectivity index (χ2v) is 6.82. The van der Waals surface area contributed by atoms with Crippen molar-refractivity contribution in [3.8, 4) is 5.88 Å². The number of nitrogens with zero attached hydrogens (tertiary/aromatic N) is 2. The Kier molecular flexibility index (Phi) is 4.38. The van der Waals surface area contributed by atoms with Gasteiger partial charge in [-0.3, -0.25) is 4.79 Å². The van der Waals surface area contributed by atoms with E-state index in [9.17, 15) is 9.18 Å². The smallest absolute Gasteiger partial charge is 0.260 e. The third-order valence-electron chi connectivity index (χ3n) is 4.96. The Morgan fingerprint density at radius 1 is 1.20 bits per heavy atom. The highest BCUT2D eigenvalue weighted by Gasteiger charge is 2.32. The quantitative estimate of drug-likeness (QED) is 0.842. The molecule has 0 atom stereocenters. The largest absolute Gasteiger partial charge is 0.474 e. The van der Waals surface area contributed by atoms with E-state index in [1.807, 2.05) is 12.1 Å². The van der Waals surface area contributed by atoms with Crippen LogP contribution in [-0.4, -0.2) is 21.9 Å². The summed E-state index contributed by atoms with van der Waals surface area (Å²) in [4.78, 5) is 18.9. The summed E-state index contributed by atoms with van der Waals surface area (Å²) in [5.74, 6) is 0.0824. The number of amides is 1. The molecule has 0 N–H and O–H groups in total. The van der Waals surface area contributed by atoms with Gasteiger partial charge in [0.2, 0.25) is 5.88 Å². The number of ether oxygens (including phenoxy) is 1. The van der Waals surface area contributed by atoms with E-state index in [-0.39, 0.29) is 17.8 Å².